The molecule has 0 unspecified atom stereocenters. The summed E-state index contributed by atoms with van der Waals surface area (Å²) >= 11 is 1.81. The number of thiazole rings is 1. The van der Waals surface area contributed by atoms with Crippen molar-refractivity contribution in [3.05, 3.63) is 28.5 Å². The van der Waals surface area contributed by atoms with Crippen LogP contribution in [-0.4, -0.2) is 63.8 Å². The van der Waals surface area contributed by atoms with Crippen molar-refractivity contribution in [3.63, 3.8) is 0 Å². The minimum atomic E-state index is 0.0600. The smallest absolute Gasteiger partial charge is 0.324 e. The molecule has 0 radical (unpaired) electrons. The maximum absolute atomic E-state index is 12.1. The molecule has 2 aromatic rings. The highest BCUT2D eigenvalue weighted by Gasteiger charge is 2.32. The Balaban J connectivity index is 1.17. The average Bonchev–Trinajstić information content (AvgIpc) is 2.98. The van der Waals surface area contributed by atoms with E-state index in [1.54, 1.807) is 9.80 Å². The quantitative estimate of drug-likeness (QED) is 0.822. The lowest BCUT2D eigenvalue weighted by Gasteiger charge is -2.38. The van der Waals surface area contributed by atoms with Gasteiger partial charge >= 0.3 is 6.03 Å². The first-order valence-electron chi connectivity index (χ1n) is 8.91. The topological polar surface area (TPSA) is 57.5 Å². The number of nitrogens with zero attached hydrogens (tertiary/aromatic N) is 6. The van der Waals surface area contributed by atoms with E-state index in [0.717, 1.165) is 44.3 Å². The van der Waals surface area contributed by atoms with Gasteiger partial charge < -0.3 is 4.90 Å². The number of aromatic nitrogens is 3. The molecule has 8 heteroatoms. The molecule has 1 saturated carbocycles. The van der Waals surface area contributed by atoms with E-state index in [4.69, 9.17) is 4.98 Å². The Morgan fingerprint density at radius 1 is 1.28 bits per heavy atom. The zero-order valence-electron chi connectivity index (χ0n) is 14.3. The third-order valence-electron chi connectivity index (χ3n) is 5.31. The fourth-order valence-electron chi connectivity index (χ4n) is 3.54. The summed E-state index contributed by atoms with van der Waals surface area (Å²) in [4.78, 5) is 22.8. The number of rotatable bonds is 5. The van der Waals surface area contributed by atoms with Gasteiger partial charge in [0.05, 0.1) is 28.6 Å². The van der Waals surface area contributed by atoms with Crippen molar-refractivity contribution in [3.8, 4) is 0 Å². The molecule has 0 N–H and O–H groups in total. The molecule has 7 nitrogen and oxygen atoms in total. The van der Waals surface area contributed by atoms with Crippen molar-refractivity contribution in [2.45, 2.75) is 31.3 Å². The van der Waals surface area contributed by atoms with Crippen LogP contribution < -0.4 is 4.90 Å². The second-order valence-electron chi connectivity index (χ2n) is 7.33. The third kappa shape index (κ3) is 2.83. The van der Waals surface area contributed by atoms with Crippen molar-refractivity contribution in [1.29, 1.82) is 0 Å². The zero-order valence-corrected chi connectivity index (χ0v) is 15.2. The fraction of sp³-hybridized carbons (Fsp3) is 0.588. The SMILES string of the molecule is CN1CCN(c2cnn(C3CN(Cc4csc(C5CC5)n4)C3)c2)C1=O. The van der Waals surface area contributed by atoms with Crippen molar-refractivity contribution >= 4 is 23.1 Å². The highest BCUT2D eigenvalue weighted by Crippen LogP contribution is 2.41. The molecule has 0 aromatic carbocycles. The number of likely N-dealkylation sites (N-methyl/N-ethyl adjacent to an activating group) is 1. The van der Waals surface area contributed by atoms with E-state index in [2.05, 4.69) is 15.4 Å². The number of carbonyl (C=O) groups excluding carboxylic acids is 1. The van der Waals surface area contributed by atoms with Crippen molar-refractivity contribution in [2.75, 3.05) is 38.1 Å². The van der Waals surface area contributed by atoms with Crippen LogP contribution in [0.3, 0.4) is 0 Å². The molecule has 0 atom stereocenters. The first kappa shape index (κ1) is 15.3. The zero-order chi connectivity index (χ0) is 17.0. The van der Waals surface area contributed by atoms with Crippen LogP contribution in [0, 0.1) is 0 Å². The second kappa shape index (κ2) is 5.81. The summed E-state index contributed by atoms with van der Waals surface area (Å²) in [5, 5.41) is 8.02. The third-order valence-corrected chi connectivity index (χ3v) is 6.37. The molecule has 0 bridgehead atoms. The molecule has 2 aliphatic heterocycles. The van der Waals surface area contributed by atoms with Crippen molar-refractivity contribution < 1.29 is 4.79 Å². The number of hydrogen-bond donors (Lipinski definition) is 0. The van der Waals surface area contributed by atoms with E-state index in [9.17, 15) is 4.79 Å². The van der Waals surface area contributed by atoms with Gasteiger partial charge in [-0.1, -0.05) is 0 Å². The Hall–Kier alpha value is -1.93. The van der Waals surface area contributed by atoms with E-state index in [-0.39, 0.29) is 6.03 Å². The van der Waals surface area contributed by atoms with Crippen LogP contribution in [0.1, 0.15) is 35.5 Å². The molecule has 25 heavy (non-hydrogen) atoms. The van der Waals surface area contributed by atoms with Gasteiger partial charge in [-0.3, -0.25) is 14.5 Å². The number of anilines is 1. The lowest BCUT2D eigenvalue weighted by Crippen LogP contribution is -2.47. The molecule has 2 aromatic heterocycles. The summed E-state index contributed by atoms with van der Waals surface area (Å²) < 4.78 is 2.01. The van der Waals surface area contributed by atoms with Gasteiger partial charge in [0.15, 0.2) is 0 Å². The van der Waals surface area contributed by atoms with E-state index in [0.29, 0.717) is 6.04 Å². The summed E-state index contributed by atoms with van der Waals surface area (Å²) in [5.41, 5.74) is 2.11. The van der Waals surface area contributed by atoms with Gasteiger partial charge in [0.1, 0.15) is 0 Å². The molecular weight excluding hydrogens is 336 g/mol. The molecule has 2 saturated heterocycles. The van der Waals surface area contributed by atoms with Gasteiger partial charge in [0.2, 0.25) is 0 Å². The Morgan fingerprint density at radius 2 is 2.12 bits per heavy atom. The Labute approximate surface area is 150 Å². The Morgan fingerprint density at radius 3 is 2.84 bits per heavy atom. The van der Waals surface area contributed by atoms with Gasteiger partial charge in [0.25, 0.3) is 0 Å². The van der Waals surface area contributed by atoms with Crippen LogP contribution in [0.5, 0.6) is 0 Å². The minimum Gasteiger partial charge on any atom is -0.326 e. The van der Waals surface area contributed by atoms with Crippen LogP contribution in [0.25, 0.3) is 0 Å². The van der Waals surface area contributed by atoms with E-state index < -0.39 is 0 Å². The van der Waals surface area contributed by atoms with Gasteiger partial charge in [-0.15, -0.1) is 11.3 Å². The van der Waals surface area contributed by atoms with Crippen LogP contribution in [-0.2, 0) is 6.54 Å². The lowest BCUT2D eigenvalue weighted by molar-refractivity contribution is 0.0897. The fourth-order valence-corrected chi connectivity index (χ4v) is 4.52. The maximum Gasteiger partial charge on any atom is 0.324 e. The normalized spacial score (nSPS) is 22.0. The first-order chi connectivity index (χ1) is 12.2. The second-order valence-corrected chi connectivity index (χ2v) is 8.22. The standard InChI is InChI=1S/C17H22N6OS/c1-20-4-5-22(17(20)24)14-6-18-23(10-14)15-8-21(9-15)7-13-11-25-16(19-13)12-2-3-12/h6,10-12,15H,2-5,7-9H2,1H3. The minimum absolute atomic E-state index is 0.0600. The van der Waals surface area contributed by atoms with Crippen LogP contribution in [0.2, 0.25) is 0 Å². The molecule has 5 rings (SSSR count). The monoisotopic (exact) mass is 358 g/mol. The molecular formula is C17H22N6OS. The summed E-state index contributed by atoms with van der Waals surface area (Å²) in [6.45, 7) is 4.43. The van der Waals surface area contributed by atoms with Gasteiger partial charge in [-0.2, -0.15) is 5.10 Å². The molecule has 2 amide bonds. The summed E-state index contributed by atoms with van der Waals surface area (Å²) in [6, 6.07) is 0.454. The summed E-state index contributed by atoms with van der Waals surface area (Å²) in [5.74, 6) is 0.748. The van der Waals surface area contributed by atoms with Crippen LogP contribution >= 0.6 is 11.3 Å². The van der Waals surface area contributed by atoms with Gasteiger partial charge in [-0.05, 0) is 12.8 Å². The predicted octanol–water partition coefficient (Wildman–Crippen LogP) is 2.15. The molecule has 4 heterocycles. The molecule has 0 spiro atoms. The predicted molar refractivity (Wildman–Crippen MR) is 96.0 cm³/mol. The molecule has 1 aliphatic carbocycles. The van der Waals surface area contributed by atoms with Gasteiger partial charge in [0, 0.05) is 57.3 Å². The maximum atomic E-state index is 12.1. The summed E-state index contributed by atoms with van der Waals surface area (Å²) in [6.07, 6.45) is 6.44. The molecule has 132 valence electrons. The molecule has 3 fully saturated rings. The Kier molecular flexibility index (Phi) is 3.56. The average molecular weight is 358 g/mol. The number of carbonyl (C=O) groups is 1. The lowest BCUT2D eigenvalue weighted by atomic mass is 10.1. The van der Waals surface area contributed by atoms with Crippen LogP contribution in [0.4, 0.5) is 10.5 Å². The number of urea groups is 1. The highest BCUT2D eigenvalue weighted by molar-refractivity contribution is 7.09. The van der Waals surface area contributed by atoms with E-state index in [1.807, 2.05) is 35.5 Å². The highest BCUT2D eigenvalue weighted by atomic mass is 32.1. The number of amides is 2. The van der Waals surface area contributed by atoms with Crippen molar-refractivity contribution in [2.24, 2.45) is 0 Å². The van der Waals surface area contributed by atoms with Crippen molar-refractivity contribution in [1.82, 2.24) is 24.6 Å². The van der Waals surface area contributed by atoms with Gasteiger partial charge in [-0.25, -0.2) is 9.78 Å². The number of likely N-dealkylation sites (tertiary alicyclic amines) is 1. The largest absolute Gasteiger partial charge is 0.326 e. The summed E-state index contributed by atoms with van der Waals surface area (Å²) in [7, 11) is 1.84. The van der Waals surface area contributed by atoms with E-state index >= 15 is 0 Å². The van der Waals surface area contributed by atoms with Crippen LogP contribution in [0.15, 0.2) is 17.8 Å². The Bertz CT molecular complexity index is 791. The van der Waals surface area contributed by atoms with E-state index in [1.165, 1.54) is 23.5 Å². The first-order valence-corrected chi connectivity index (χ1v) is 9.79. The molecule has 3 aliphatic rings. The number of hydrogen-bond acceptors (Lipinski definition) is 5.